The van der Waals surface area contributed by atoms with E-state index in [1.807, 2.05) is 31.2 Å². The highest BCUT2D eigenvalue weighted by Crippen LogP contribution is 2.26. The third-order valence-corrected chi connectivity index (χ3v) is 3.25. The Hall–Kier alpha value is -2.27. The van der Waals surface area contributed by atoms with E-state index in [9.17, 15) is 4.79 Å². The number of H-pyrrole nitrogens is 1. The van der Waals surface area contributed by atoms with Crippen molar-refractivity contribution in [3.05, 3.63) is 46.7 Å². The van der Waals surface area contributed by atoms with Crippen LogP contribution in [0.3, 0.4) is 0 Å². The van der Waals surface area contributed by atoms with Gasteiger partial charge in [0.05, 0.1) is 11.9 Å². The summed E-state index contributed by atoms with van der Waals surface area (Å²) in [5.74, 6) is -1.04. The van der Waals surface area contributed by atoms with E-state index in [4.69, 9.17) is 16.7 Å². The van der Waals surface area contributed by atoms with Crippen LogP contribution in [0.25, 0.3) is 16.9 Å². The molecule has 2 heterocycles. The number of rotatable bonds is 2. The maximum absolute atomic E-state index is 10.9. The molecule has 2 N–H and O–H groups in total. The topological polar surface area (TPSA) is 70.4 Å². The standard InChI is InChI=1S/C13H10ClN3O2/c1-7-11(8-2-4-9(14)5-3-8)16-17-6-10(13(18)19)15-12(7)17/h2-6,16H,1H3,(H,18,19). The third kappa shape index (κ3) is 1.88. The van der Waals surface area contributed by atoms with Crippen LogP contribution in [0.1, 0.15) is 16.1 Å². The lowest BCUT2D eigenvalue weighted by molar-refractivity contribution is 0.0691. The molecule has 0 aliphatic heterocycles. The van der Waals surface area contributed by atoms with E-state index < -0.39 is 5.97 Å². The molecule has 3 rings (SSSR count). The summed E-state index contributed by atoms with van der Waals surface area (Å²) in [5.41, 5.74) is 3.41. The number of carbonyl (C=O) groups is 1. The van der Waals surface area contributed by atoms with Gasteiger partial charge in [0.1, 0.15) is 0 Å². The van der Waals surface area contributed by atoms with E-state index >= 15 is 0 Å². The molecule has 0 amide bonds. The Labute approximate surface area is 113 Å². The minimum Gasteiger partial charge on any atom is -0.476 e. The normalized spacial score (nSPS) is 11.1. The zero-order chi connectivity index (χ0) is 13.6. The number of aromatic amines is 1. The number of carboxylic acid groups (broad SMARTS) is 1. The van der Waals surface area contributed by atoms with E-state index in [2.05, 4.69) is 10.1 Å². The molecule has 19 heavy (non-hydrogen) atoms. The molecule has 0 saturated heterocycles. The van der Waals surface area contributed by atoms with Crippen molar-refractivity contribution in [2.45, 2.75) is 6.92 Å². The summed E-state index contributed by atoms with van der Waals surface area (Å²) in [6, 6.07) is 7.42. The second kappa shape index (κ2) is 4.13. The van der Waals surface area contributed by atoms with Crippen molar-refractivity contribution in [2.24, 2.45) is 0 Å². The molecule has 0 spiro atoms. The number of nitrogens with zero attached hydrogens (tertiary/aromatic N) is 2. The van der Waals surface area contributed by atoms with Gasteiger partial charge in [0.2, 0.25) is 0 Å². The molecule has 1 aromatic carbocycles. The first kappa shape index (κ1) is 11.8. The molecule has 0 aliphatic carbocycles. The predicted octanol–water partition coefficient (Wildman–Crippen LogP) is 2.99. The average Bonchev–Trinajstić information content (AvgIpc) is 2.91. The van der Waals surface area contributed by atoms with Crippen molar-refractivity contribution in [2.75, 3.05) is 0 Å². The number of nitrogens with one attached hydrogen (secondary N) is 1. The van der Waals surface area contributed by atoms with Gasteiger partial charge >= 0.3 is 5.97 Å². The number of fused-ring (bicyclic) bond motifs is 1. The Kier molecular flexibility index (Phi) is 2.57. The smallest absolute Gasteiger partial charge is 0.356 e. The summed E-state index contributed by atoms with van der Waals surface area (Å²) >= 11 is 5.86. The first-order valence-corrected chi connectivity index (χ1v) is 6.01. The zero-order valence-corrected chi connectivity index (χ0v) is 10.8. The SMILES string of the molecule is Cc1c(-c2ccc(Cl)cc2)[nH]n2cc(C(=O)O)nc12. The van der Waals surface area contributed by atoms with Gasteiger partial charge in [0.25, 0.3) is 0 Å². The Morgan fingerprint density at radius 3 is 2.63 bits per heavy atom. The Balaban J connectivity index is 2.15. The molecule has 2 aromatic heterocycles. The monoisotopic (exact) mass is 275 g/mol. The number of aryl methyl sites for hydroxylation is 1. The van der Waals surface area contributed by atoms with Crippen LogP contribution in [0.4, 0.5) is 0 Å². The fraction of sp³-hybridized carbons (Fsp3) is 0.0769. The molecule has 0 fully saturated rings. The molecule has 5 nitrogen and oxygen atoms in total. The summed E-state index contributed by atoms with van der Waals surface area (Å²) in [7, 11) is 0. The van der Waals surface area contributed by atoms with E-state index in [0.29, 0.717) is 10.7 Å². The molecule has 0 bridgehead atoms. The van der Waals surface area contributed by atoms with Crippen LogP contribution in [0.2, 0.25) is 5.02 Å². The molecule has 0 saturated carbocycles. The van der Waals surface area contributed by atoms with Gasteiger partial charge in [-0.2, -0.15) is 0 Å². The molecule has 0 aliphatic rings. The lowest BCUT2D eigenvalue weighted by atomic mass is 10.1. The number of imidazole rings is 1. The maximum atomic E-state index is 10.9. The fourth-order valence-electron chi connectivity index (χ4n) is 2.05. The average molecular weight is 276 g/mol. The van der Waals surface area contributed by atoms with Crippen LogP contribution in [-0.2, 0) is 0 Å². The summed E-state index contributed by atoms with van der Waals surface area (Å²) in [4.78, 5) is 14.9. The number of hydrogen-bond acceptors (Lipinski definition) is 2. The van der Waals surface area contributed by atoms with Crippen molar-refractivity contribution < 1.29 is 9.90 Å². The van der Waals surface area contributed by atoms with E-state index in [-0.39, 0.29) is 5.69 Å². The summed E-state index contributed by atoms with van der Waals surface area (Å²) < 4.78 is 1.61. The van der Waals surface area contributed by atoms with Crippen molar-refractivity contribution >= 4 is 23.2 Å². The summed E-state index contributed by atoms with van der Waals surface area (Å²) in [5, 5.41) is 12.7. The third-order valence-electron chi connectivity index (χ3n) is 3.00. The lowest BCUT2D eigenvalue weighted by Crippen LogP contribution is -1.96. The maximum Gasteiger partial charge on any atom is 0.356 e. The molecule has 6 heteroatoms. The first-order valence-electron chi connectivity index (χ1n) is 5.63. The number of aromatic carboxylic acids is 1. The highest BCUT2D eigenvalue weighted by atomic mass is 35.5. The van der Waals surface area contributed by atoms with Gasteiger partial charge in [-0.15, -0.1) is 0 Å². The number of halogens is 1. The van der Waals surface area contributed by atoms with Crippen molar-refractivity contribution in [3.8, 4) is 11.3 Å². The van der Waals surface area contributed by atoms with Crippen LogP contribution in [-0.4, -0.2) is 25.7 Å². The predicted molar refractivity (Wildman–Crippen MR) is 71.7 cm³/mol. The highest BCUT2D eigenvalue weighted by molar-refractivity contribution is 6.30. The van der Waals surface area contributed by atoms with Gasteiger partial charge in [-0.25, -0.2) is 14.3 Å². The summed E-state index contributed by atoms with van der Waals surface area (Å²) in [6.45, 7) is 1.90. The molecule has 0 unspecified atom stereocenters. The van der Waals surface area contributed by atoms with E-state index in [1.54, 1.807) is 4.52 Å². The molecule has 96 valence electrons. The van der Waals surface area contributed by atoms with Gasteiger partial charge in [-0.1, -0.05) is 23.7 Å². The summed E-state index contributed by atoms with van der Waals surface area (Å²) in [6.07, 6.45) is 1.46. The van der Waals surface area contributed by atoms with Gasteiger partial charge in [-0.05, 0) is 24.6 Å². The van der Waals surface area contributed by atoms with Crippen LogP contribution < -0.4 is 0 Å². The van der Waals surface area contributed by atoms with Crippen LogP contribution in [0.5, 0.6) is 0 Å². The number of hydrogen-bond donors (Lipinski definition) is 2. The molecule has 0 atom stereocenters. The van der Waals surface area contributed by atoms with Crippen molar-refractivity contribution in [1.82, 2.24) is 14.6 Å². The second-order valence-corrected chi connectivity index (χ2v) is 4.68. The van der Waals surface area contributed by atoms with Crippen LogP contribution >= 0.6 is 11.6 Å². The Morgan fingerprint density at radius 1 is 1.37 bits per heavy atom. The number of benzene rings is 1. The fourth-order valence-corrected chi connectivity index (χ4v) is 2.17. The Morgan fingerprint density at radius 2 is 2.05 bits per heavy atom. The van der Waals surface area contributed by atoms with Gasteiger partial charge < -0.3 is 5.11 Å². The van der Waals surface area contributed by atoms with Gasteiger partial charge in [0, 0.05) is 10.6 Å². The molecule has 0 radical (unpaired) electrons. The number of aromatic nitrogens is 3. The van der Waals surface area contributed by atoms with Gasteiger partial charge in [0.15, 0.2) is 11.3 Å². The quantitative estimate of drug-likeness (QED) is 0.755. The first-order chi connectivity index (χ1) is 9.06. The zero-order valence-electron chi connectivity index (χ0n) is 10.0. The van der Waals surface area contributed by atoms with Crippen molar-refractivity contribution in [1.29, 1.82) is 0 Å². The number of carboxylic acids is 1. The molecule has 3 aromatic rings. The highest BCUT2D eigenvalue weighted by Gasteiger charge is 2.15. The largest absolute Gasteiger partial charge is 0.476 e. The lowest BCUT2D eigenvalue weighted by Gasteiger charge is -1.99. The molecular formula is C13H10ClN3O2. The van der Waals surface area contributed by atoms with Crippen molar-refractivity contribution in [3.63, 3.8) is 0 Å². The van der Waals surface area contributed by atoms with Gasteiger partial charge in [-0.3, -0.25) is 5.10 Å². The minimum absolute atomic E-state index is 0.0250. The van der Waals surface area contributed by atoms with E-state index in [1.165, 1.54) is 6.20 Å². The molecular weight excluding hydrogens is 266 g/mol. The second-order valence-electron chi connectivity index (χ2n) is 4.24. The van der Waals surface area contributed by atoms with E-state index in [0.717, 1.165) is 16.8 Å². The minimum atomic E-state index is -1.04. The van der Waals surface area contributed by atoms with Crippen LogP contribution in [0, 0.1) is 6.92 Å². The van der Waals surface area contributed by atoms with Crippen LogP contribution in [0.15, 0.2) is 30.5 Å². The Bertz CT molecular complexity index is 771.